The van der Waals surface area contributed by atoms with Crippen molar-refractivity contribution in [2.75, 3.05) is 23.3 Å². The molecule has 1 aliphatic rings. The lowest BCUT2D eigenvalue weighted by Gasteiger charge is -2.34. The molecule has 4 heterocycles. The van der Waals surface area contributed by atoms with E-state index in [4.69, 9.17) is 0 Å². The Bertz CT molecular complexity index is 1120. The zero-order valence-corrected chi connectivity index (χ0v) is 17.6. The first-order valence-electron chi connectivity index (χ1n) is 10.4. The zero-order valence-electron chi connectivity index (χ0n) is 17.6. The van der Waals surface area contributed by atoms with Gasteiger partial charge in [-0.3, -0.25) is 14.0 Å². The molecule has 1 saturated heterocycles. The number of anilines is 2. The molecule has 9 heteroatoms. The highest BCUT2D eigenvalue weighted by Gasteiger charge is 2.22. The fourth-order valence-corrected chi connectivity index (χ4v) is 3.92. The smallest absolute Gasteiger partial charge is 0.269 e. The molecule has 30 heavy (non-hydrogen) atoms. The lowest BCUT2D eigenvalue weighted by molar-refractivity contribution is -0.117. The van der Waals surface area contributed by atoms with Crippen LogP contribution in [0.4, 0.5) is 11.4 Å². The average molecular weight is 409 g/mol. The number of nitrogens with zero attached hydrogens (tertiary/aromatic N) is 6. The van der Waals surface area contributed by atoms with Gasteiger partial charge in [0.05, 0.1) is 17.1 Å². The molecule has 1 N–H and O–H groups in total. The summed E-state index contributed by atoms with van der Waals surface area (Å²) in [4.78, 5) is 27.6. The Kier molecular flexibility index (Phi) is 5.52. The van der Waals surface area contributed by atoms with Crippen molar-refractivity contribution in [3.05, 3.63) is 46.8 Å². The van der Waals surface area contributed by atoms with Gasteiger partial charge < -0.3 is 10.2 Å². The molecule has 0 radical (unpaired) electrons. The van der Waals surface area contributed by atoms with Crippen LogP contribution in [0.2, 0.25) is 0 Å². The maximum Gasteiger partial charge on any atom is 0.269 e. The first kappa shape index (κ1) is 20.1. The van der Waals surface area contributed by atoms with Gasteiger partial charge in [0.2, 0.25) is 5.91 Å². The minimum atomic E-state index is -0.314. The van der Waals surface area contributed by atoms with Gasteiger partial charge in [0.25, 0.3) is 5.56 Å². The number of rotatable bonds is 5. The Balaban J connectivity index is 1.55. The summed E-state index contributed by atoms with van der Waals surface area (Å²) in [6.07, 6.45) is 5.61. The van der Waals surface area contributed by atoms with Gasteiger partial charge in [-0.15, -0.1) is 10.2 Å². The van der Waals surface area contributed by atoms with Crippen molar-refractivity contribution in [3.8, 4) is 0 Å². The summed E-state index contributed by atoms with van der Waals surface area (Å²) in [6, 6.07) is 5.15. The molecular weight excluding hydrogens is 382 g/mol. The Labute approximate surface area is 174 Å². The number of hydrogen-bond donors (Lipinski definition) is 1. The van der Waals surface area contributed by atoms with Crippen LogP contribution in [-0.4, -0.2) is 43.4 Å². The molecule has 4 rings (SSSR count). The van der Waals surface area contributed by atoms with E-state index in [2.05, 4.69) is 46.3 Å². The van der Waals surface area contributed by atoms with Gasteiger partial charge in [-0.2, -0.15) is 5.10 Å². The highest BCUT2D eigenvalue weighted by molar-refractivity contribution is 5.90. The minimum absolute atomic E-state index is 0.142. The van der Waals surface area contributed by atoms with Gasteiger partial charge >= 0.3 is 0 Å². The highest BCUT2D eigenvalue weighted by atomic mass is 16.2. The summed E-state index contributed by atoms with van der Waals surface area (Å²) in [6.45, 7) is 8.07. The van der Waals surface area contributed by atoms with Crippen LogP contribution in [0, 0.1) is 5.92 Å². The Hall–Kier alpha value is -3.23. The third-order valence-corrected chi connectivity index (χ3v) is 5.42. The third kappa shape index (κ3) is 4.19. The largest absolute Gasteiger partial charge is 0.370 e. The predicted molar refractivity (Wildman–Crippen MR) is 115 cm³/mol. The van der Waals surface area contributed by atoms with E-state index in [0.717, 1.165) is 30.9 Å². The number of piperidine rings is 1. The van der Waals surface area contributed by atoms with Crippen molar-refractivity contribution in [2.24, 2.45) is 5.92 Å². The standard InChI is InChI=1S/C21H27N7O2/c1-14(2)21-17(26-8-4-5-15(3)10-26)9-20(30)28(25-21)12-19(29)23-16-6-7-18-24-22-13-27(18)11-16/h6-7,9,11,13-15H,4-5,8,10,12H2,1-3H3,(H,23,29)/t15-/m0/s1. The second kappa shape index (κ2) is 8.25. The molecule has 0 saturated carbocycles. The molecule has 0 spiro atoms. The maximum atomic E-state index is 12.7. The number of aromatic nitrogens is 5. The van der Waals surface area contributed by atoms with E-state index < -0.39 is 0 Å². The number of carbonyl (C=O) groups excluding carboxylic acids is 1. The first-order valence-corrected chi connectivity index (χ1v) is 10.4. The quantitative estimate of drug-likeness (QED) is 0.694. The van der Waals surface area contributed by atoms with Crippen molar-refractivity contribution in [2.45, 2.75) is 46.1 Å². The molecule has 0 aromatic carbocycles. The fraction of sp³-hybridized carbons (Fsp3) is 0.476. The Morgan fingerprint density at radius 2 is 2.17 bits per heavy atom. The Morgan fingerprint density at radius 3 is 2.93 bits per heavy atom. The van der Waals surface area contributed by atoms with Gasteiger partial charge in [-0.25, -0.2) is 4.68 Å². The number of fused-ring (bicyclic) bond motifs is 1. The van der Waals surface area contributed by atoms with Crippen LogP contribution in [0.5, 0.6) is 0 Å². The molecule has 1 fully saturated rings. The average Bonchev–Trinajstić information content (AvgIpc) is 3.17. The molecule has 1 amide bonds. The van der Waals surface area contributed by atoms with Gasteiger partial charge in [0, 0.05) is 25.4 Å². The molecule has 1 aliphatic heterocycles. The van der Waals surface area contributed by atoms with E-state index >= 15 is 0 Å². The molecule has 0 aliphatic carbocycles. The normalized spacial score (nSPS) is 16.9. The predicted octanol–water partition coefficient (Wildman–Crippen LogP) is 2.28. The van der Waals surface area contributed by atoms with Crippen LogP contribution in [0.1, 0.15) is 45.2 Å². The summed E-state index contributed by atoms with van der Waals surface area (Å²) in [5.41, 5.74) is 2.77. The second-order valence-corrected chi connectivity index (χ2v) is 8.32. The van der Waals surface area contributed by atoms with E-state index in [0.29, 0.717) is 17.3 Å². The molecule has 3 aromatic rings. The molecule has 1 atom stereocenters. The lowest BCUT2D eigenvalue weighted by Crippen LogP contribution is -2.38. The number of amides is 1. The summed E-state index contributed by atoms with van der Waals surface area (Å²) in [5.74, 6) is 0.421. The third-order valence-electron chi connectivity index (χ3n) is 5.42. The summed E-state index contributed by atoms with van der Waals surface area (Å²) in [7, 11) is 0. The van der Waals surface area contributed by atoms with Crippen molar-refractivity contribution in [1.29, 1.82) is 0 Å². The SMILES string of the molecule is CC(C)c1nn(CC(=O)Nc2ccc3nncn3c2)c(=O)cc1N1CCC[C@H](C)C1. The number of carbonyl (C=O) groups is 1. The van der Waals surface area contributed by atoms with E-state index in [1.54, 1.807) is 35.1 Å². The lowest BCUT2D eigenvalue weighted by atomic mass is 9.98. The summed E-state index contributed by atoms with van der Waals surface area (Å²) in [5, 5.41) is 15.1. The minimum Gasteiger partial charge on any atom is -0.370 e. The van der Waals surface area contributed by atoms with Crippen molar-refractivity contribution in [3.63, 3.8) is 0 Å². The maximum absolute atomic E-state index is 12.7. The van der Waals surface area contributed by atoms with Gasteiger partial charge in [0.15, 0.2) is 5.65 Å². The van der Waals surface area contributed by atoms with E-state index in [1.807, 2.05) is 0 Å². The Morgan fingerprint density at radius 1 is 1.33 bits per heavy atom. The van der Waals surface area contributed by atoms with E-state index in [1.165, 1.54) is 11.1 Å². The molecule has 0 unspecified atom stereocenters. The molecule has 0 bridgehead atoms. The molecular formula is C21H27N7O2. The van der Waals surface area contributed by atoms with Crippen molar-refractivity contribution >= 4 is 22.9 Å². The first-order chi connectivity index (χ1) is 14.4. The van der Waals surface area contributed by atoms with Crippen molar-refractivity contribution < 1.29 is 4.79 Å². The molecule has 3 aromatic heterocycles. The van der Waals surface area contributed by atoms with Crippen LogP contribution in [0.15, 0.2) is 35.5 Å². The van der Waals surface area contributed by atoms with Gasteiger partial charge in [-0.1, -0.05) is 20.8 Å². The van der Waals surface area contributed by atoms with E-state index in [9.17, 15) is 9.59 Å². The van der Waals surface area contributed by atoms with Gasteiger partial charge in [-0.05, 0) is 36.8 Å². The fourth-order valence-electron chi connectivity index (χ4n) is 3.92. The van der Waals surface area contributed by atoms with Crippen LogP contribution in [-0.2, 0) is 11.3 Å². The van der Waals surface area contributed by atoms with Gasteiger partial charge in [0.1, 0.15) is 12.9 Å². The topological polar surface area (TPSA) is 97.4 Å². The zero-order chi connectivity index (χ0) is 21.3. The van der Waals surface area contributed by atoms with Crippen LogP contribution < -0.4 is 15.8 Å². The highest BCUT2D eigenvalue weighted by Crippen LogP contribution is 2.28. The second-order valence-electron chi connectivity index (χ2n) is 8.32. The monoisotopic (exact) mass is 409 g/mol. The van der Waals surface area contributed by atoms with Crippen LogP contribution in [0.25, 0.3) is 5.65 Å². The van der Waals surface area contributed by atoms with Crippen molar-refractivity contribution in [1.82, 2.24) is 24.4 Å². The number of nitrogens with one attached hydrogen (secondary N) is 1. The summed E-state index contributed by atoms with van der Waals surface area (Å²) < 4.78 is 2.96. The molecule has 9 nitrogen and oxygen atoms in total. The van der Waals surface area contributed by atoms with Crippen LogP contribution >= 0.6 is 0 Å². The van der Waals surface area contributed by atoms with Crippen LogP contribution in [0.3, 0.4) is 0 Å². The van der Waals surface area contributed by atoms with E-state index in [-0.39, 0.29) is 23.9 Å². The molecule has 158 valence electrons. The number of hydrogen-bond acceptors (Lipinski definition) is 6. The summed E-state index contributed by atoms with van der Waals surface area (Å²) >= 11 is 0. The number of pyridine rings is 1.